The second kappa shape index (κ2) is 6.52. The Bertz CT molecular complexity index is 267. The molecule has 2 saturated heterocycles. The Labute approximate surface area is 108 Å². The van der Waals surface area contributed by atoms with Gasteiger partial charge in [0.1, 0.15) is 6.17 Å². The third-order valence-electron chi connectivity index (χ3n) is 3.45. The average molecular weight is 266 g/mol. The van der Waals surface area contributed by atoms with E-state index in [4.69, 9.17) is 0 Å². The van der Waals surface area contributed by atoms with Crippen molar-refractivity contribution < 1.29 is 9.18 Å². The molecule has 2 aliphatic heterocycles. The van der Waals surface area contributed by atoms with E-state index in [-0.39, 0.29) is 24.4 Å². The molecule has 0 saturated carbocycles. The van der Waals surface area contributed by atoms with Gasteiger partial charge >= 0.3 is 0 Å². The molecule has 2 aliphatic rings. The second-order valence-corrected chi connectivity index (χ2v) is 4.96. The fraction of sp³-hybridized carbons (Fsp3) is 0.909. The summed E-state index contributed by atoms with van der Waals surface area (Å²) < 4.78 is 12.9. The van der Waals surface area contributed by atoms with Crippen LogP contribution >= 0.6 is 12.4 Å². The number of likely N-dealkylation sites (tertiary alicyclic amines) is 1. The summed E-state index contributed by atoms with van der Waals surface area (Å²) in [6.45, 7) is 3.18. The van der Waals surface area contributed by atoms with Crippen molar-refractivity contribution in [2.45, 2.75) is 25.1 Å². The Morgan fingerprint density at radius 3 is 2.88 bits per heavy atom. The maximum Gasteiger partial charge on any atom is 0.237 e. The highest BCUT2D eigenvalue weighted by molar-refractivity contribution is 5.85. The van der Waals surface area contributed by atoms with E-state index in [1.165, 1.54) is 0 Å². The number of carbonyl (C=O) groups is 1. The SMILES string of the molecule is CN1CCC(CNC(=O)[C@@H]2C[C@@H](F)CN2)C1.Cl. The average Bonchev–Trinajstić information content (AvgIpc) is 2.84. The van der Waals surface area contributed by atoms with E-state index < -0.39 is 6.17 Å². The van der Waals surface area contributed by atoms with Crippen LogP contribution < -0.4 is 10.6 Å². The number of nitrogens with one attached hydrogen (secondary N) is 2. The van der Waals surface area contributed by atoms with Gasteiger partial charge in [0, 0.05) is 26.1 Å². The van der Waals surface area contributed by atoms with Crippen LogP contribution in [-0.2, 0) is 4.79 Å². The van der Waals surface area contributed by atoms with E-state index in [0.717, 1.165) is 26.1 Å². The lowest BCUT2D eigenvalue weighted by molar-refractivity contribution is -0.123. The van der Waals surface area contributed by atoms with E-state index in [2.05, 4.69) is 22.6 Å². The molecule has 0 spiro atoms. The van der Waals surface area contributed by atoms with Crippen LogP contribution in [0.1, 0.15) is 12.8 Å². The number of rotatable bonds is 3. The van der Waals surface area contributed by atoms with E-state index in [9.17, 15) is 9.18 Å². The van der Waals surface area contributed by atoms with Gasteiger partial charge in [-0.05, 0) is 25.9 Å². The summed E-state index contributed by atoms with van der Waals surface area (Å²) in [6.07, 6.45) is 0.588. The molecule has 17 heavy (non-hydrogen) atoms. The van der Waals surface area contributed by atoms with Gasteiger partial charge in [-0.15, -0.1) is 12.4 Å². The molecule has 1 amide bonds. The Balaban J connectivity index is 0.00000144. The molecule has 0 radical (unpaired) electrons. The lowest BCUT2D eigenvalue weighted by atomic mass is 10.1. The number of hydrogen-bond donors (Lipinski definition) is 2. The highest BCUT2D eigenvalue weighted by Gasteiger charge is 2.29. The standard InChI is InChI=1S/C11H20FN3O.ClH/c1-15-3-2-8(7-15)5-14-11(16)10-4-9(12)6-13-10;/h8-10,13H,2-7H2,1H3,(H,14,16);1H/t8?,9-,10+;/m1./s1. The van der Waals surface area contributed by atoms with E-state index in [1.54, 1.807) is 0 Å². The first-order valence-electron chi connectivity index (χ1n) is 5.99. The van der Waals surface area contributed by atoms with Crippen LogP contribution in [-0.4, -0.2) is 56.2 Å². The fourth-order valence-corrected chi connectivity index (χ4v) is 2.45. The predicted molar refractivity (Wildman–Crippen MR) is 67.2 cm³/mol. The maximum absolute atomic E-state index is 12.9. The van der Waals surface area contributed by atoms with Crippen LogP contribution in [0.3, 0.4) is 0 Å². The van der Waals surface area contributed by atoms with Crippen molar-refractivity contribution in [3.05, 3.63) is 0 Å². The number of amides is 1. The minimum Gasteiger partial charge on any atom is -0.354 e. The normalized spacial score (nSPS) is 33.4. The van der Waals surface area contributed by atoms with E-state index in [1.807, 2.05) is 0 Å². The van der Waals surface area contributed by atoms with Gasteiger partial charge in [0.15, 0.2) is 0 Å². The number of halogens is 2. The van der Waals surface area contributed by atoms with Crippen molar-refractivity contribution in [3.8, 4) is 0 Å². The van der Waals surface area contributed by atoms with E-state index >= 15 is 0 Å². The number of alkyl halides is 1. The third kappa shape index (κ3) is 4.08. The molecular weight excluding hydrogens is 245 g/mol. The molecule has 3 atom stereocenters. The largest absolute Gasteiger partial charge is 0.354 e. The van der Waals surface area contributed by atoms with Crippen molar-refractivity contribution >= 4 is 18.3 Å². The molecular formula is C11H21ClFN3O. The molecule has 2 rings (SSSR count). The zero-order valence-corrected chi connectivity index (χ0v) is 10.9. The lowest BCUT2D eigenvalue weighted by Crippen LogP contribution is -2.42. The third-order valence-corrected chi connectivity index (χ3v) is 3.45. The van der Waals surface area contributed by atoms with Gasteiger partial charge in [-0.2, -0.15) is 0 Å². The monoisotopic (exact) mass is 265 g/mol. The summed E-state index contributed by atoms with van der Waals surface area (Å²) in [5.74, 6) is 0.506. The molecule has 1 unspecified atom stereocenters. The highest BCUT2D eigenvalue weighted by atomic mass is 35.5. The summed E-state index contributed by atoms with van der Waals surface area (Å²) in [7, 11) is 2.09. The molecule has 0 bridgehead atoms. The Morgan fingerprint density at radius 2 is 2.35 bits per heavy atom. The molecule has 0 aromatic rings. The van der Waals surface area contributed by atoms with Crippen LogP contribution in [0.25, 0.3) is 0 Å². The van der Waals surface area contributed by atoms with Crippen LogP contribution in [0, 0.1) is 5.92 Å². The summed E-state index contributed by atoms with van der Waals surface area (Å²) >= 11 is 0. The van der Waals surface area contributed by atoms with Crippen LogP contribution in [0.4, 0.5) is 4.39 Å². The van der Waals surface area contributed by atoms with Crippen molar-refractivity contribution in [1.29, 1.82) is 0 Å². The topological polar surface area (TPSA) is 44.4 Å². The molecule has 2 heterocycles. The van der Waals surface area contributed by atoms with Gasteiger partial charge < -0.3 is 15.5 Å². The fourth-order valence-electron chi connectivity index (χ4n) is 2.45. The minimum atomic E-state index is -0.867. The van der Waals surface area contributed by atoms with Gasteiger partial charge in [0.2, 0.25) is 5.91 Å². The molecule has 6 heteroatoms. The van der Waals surface area contributed by atoms with Crippen molar-refractivity contribution in [2.24, 2.45) is 5.92 Å². The number of nitrogens with zero attached hydrogens (tertiary/aromatic N) is 1. The van der Waals surface area contributed by atoms with Crippen LogP contribution in [0.15, 0.2) is 0 Å². The summed E-state index contributed by atoms with van der Waals surface area (Å²) in [6, 6.07) is -0.325. The molecule has 4 nitrogen and oxygen atoms in total. The van der Waals surface area contributed by atoms with Gasteiger partial charge in [0.25, 0.3) is 0 Å². The van der Waals surface area contributed by atoms with E-state index in [0.29, 0.717) is 18.9 Å². The molecule has 2 fully saturated rings. The Morgan fingerprint density at radius 1 is 1.59 bits per heavy atom. The zero-order chi connectivity index (χ0) is 11.5. The Kier molecular flexibility index (Phi) is 5.62. The molecule has 0 aromatic heterocycles. The van der Waals surface area contributed by atoms with Crippen LogP contribution in [0.5, 0.6) is 0 Å². The van der Waals surface area contributed by atoms with Gasteiger partial charge in [-0.1, -0.05) is 0 Å². The van der Waals surface area contributed by atoms with Gasteiger partial charge in [-0.3, -0.25) is 4.79 Å². The first-order chi connectivity index (χ1) is 7.65. The molecule has 0 aliphatic carbocycles. The summed E-state index contributed by atoms with van der Waals surface area (Å²) in [4.78, 5) is 13.9. The van der Waals surface area contributed by atoms with Crippen LogP contribution in [0.2, 0.25) is 0 Å². The lowest BCUT2D eigenvalue weighted by Gasteiger charge is -2.14. The highest BCUT2D eigenvalue weighted by Crippen LogP contribution is 2.14. The molecule has 2 N–H and O–H groups in total. The summed E-state index contributed by atoms with van der Waals surface area (Å²) in [5, 5.41) is 5.81. The Hall–Kier alpha value is -0.390. The molecule has 100 valence electrons. The second-order valence-electron chi connectivity index (χ2n) is 4.96. The smallest absolute Gasteiger partial charge is 0.237 e. The van der Waals surface area contributed by atoms with Crippen molar-refractivity contribution in [1.82, 2.24) is 15.5 Å². The quantitative estimate of drug-likeness (QED) is 0.765. The first kappa shape index (κ1) is 14.7. The summed E-state index contributed by atoms with van der Waals surface area (Å²) in [5.41, 5.74) is 0. The first-order valence-corrected chi connectivity index (χ1v) is 5.99. The predicted octanol–water partition coefficient (Wildman–Crippen LogP) is 0.176. The van der Waals surface area contributed by atoms with Crippen molar-refractivity contribution in [3.63, 3.8) is 0 Å². The van der Waals surface area contributed by atoms with Gasteiger partial charge in [-0.25, -0.2) is 4.39 Å². The molecule has 0 aromatic carbocycles. The maximum atomic E-state index is 12.9. The minimum absolute atomic E-state index is 0. The zero-order valence-electron chi connectivity index (χ0n) is 10.1. The van der Waals surface area contributed by atoms with Crippen molar-refractivity contribution in [2.75, 3.05) is 33.2 Å². The number of hydrogen-bond acceptors (Lipinski definition) is 3. The van der Waals surface area contributed by atoms with Gasteiger partial charge in [0.05, 0.1) is 6.04 Å². The number of carbonyl (C=O) groups excluding carboxylic acids is 1.